The molecule has 0 radical (unpaired) electrons. The van der Waals surface area contributed by atoms with Crippen LogP contribution in [0.4, 0.5) is 20.2 Å². The molecular weight excluding hydrogens is 572 g/mol. The highest BCUT2D eigenvalue weighted by Gasteiger charge is 2.56. The van der Waals surface area contributed by atoms with Crippen molar-refractivity contribution in [1.29, 1.82) is 0 Å². The van der Waals surface area contributed by atoms with Crippen LogP contribution in [0.25, 0.3) is 0 Å². The van der Waals surface area contributed by atoms with Gasteiger partial charge in [0.25, 0.3) is 0 Å². The molecule has 5 amide bonds. The molecule has 0 bridgehead atoms. The van der Waals surface area contributed by atoms with Crippen LogP contribution in [0.5, 0.6) is 0 Å². The number of anilines is 1. The highest BCUT2D eigenvalue weighted by molar-refractivity contribution is 5.90. The fourth-order valence-corrected chi connectivity index (χ4v) is 5.61. The second kappa shape index (κ2) is 12.2. The minimum Gasteiger partial charge on any atom is -0.444 e. The summed E-state index contributed by atoms with van der Waals surface area (Å²) in [4.78, 5) is 70.1. The molecule has 3 fully saturated rings. The predicted molar refractivity (Wildman–Crippen MR) is 162 cm³/mol. The summed E-state index contributed by atoms with van der Waals surface area (Å²) in [6.07, 6.45) is 0.492. The average Bonchev–Trinajstić information content (AvgIpc) is 3.33. The number of nitrogens with zero attached hydrogens (tertiary/aromatic N) is 5. The van der Waals surface area contributed by atoms with Crippen molar-refractivity contribution in [2.75, 3.05) is 56.1 Å². The van der Waals surface area contributed by atoms with Crippen LogP contribution in [-0.2, 0) is 14.3 Å². The number of carbonyl (C=O) groups is 4. The molecule has 1 saturated carbocycles. The van der Waals surface area contributed by atoms with E-state index in [2.05, 4.69) is 20.9 Å². The zero-order valence-electron chi connectivity index (χ0n) is 26.9. The van der Waals surface area contributed by atoms with Gasteiger partial charge < -0.3 is 34.9 Å². The number of piperazine rings is 1. The molecule has 2 saturated heterocycles. The third-order valence-electron chi connectivity index (χ3n) is 7.76. The van der Waals surface area contributed by atoms with Gasteiger partial charge in [0.2, 0.25) is 5.91 Å². The largest absolute Gasteiger partial charge is 0.444 e. The van der Waals surface area contributed by atoms with E-state index in [4.69, 9.17) is 9.47 Å². The monoisotopic (exact) mass is 618 g/mol. The molecule has 244 valence electrons. The minimum atomic E-state index is -1.19. The van der Waals surface area contributed by atoms with Crippen LogP contribution in [0.2, 0.25) is 0 Å². The van der Waals surface area contributed by atoms with E-state index in [1.807, 2.05) is 25.8 Å². The minimum absolute atomic E-state index is 0.140. The lowest BCUT2D eigenvalue weighted by molar-refractivity contribution is -0.138. The molecule has 3 N–H and O–H groups in total. The zero-order valence-corrected chi connectivity index (χ0v) is 26.9. The lowest BCUT2D eigenvalue weighted by atomic mass is 10.0. The lowest BCUT2D eigenvalue weighted by Gasteiger charge is -2.38. The molecule has 3 aliphatic rings. The Labute approximate surface area is 257 Å². The van der Waals surface area contributed by atoms with Gasteiger partial charge in [0.1, 0.15) is 22.6 Å². The van der Waals surface area contributed by atoms with E-state index in [9.17, 15) is 24.0 Å². The summed E-state index contributed by atoms with van der Waals surface area (Å²) in [7, 11) is 0. The van der Waals surface area contributed by atoms with Crippen molar-refractivity contribution < 1.29 is 28.7 Å². The molecule has 3 heterocycles. The van der Waals surface area contributed by atoms with E-state index in [1.165, 1.54) is 4.68 Å². The van der Waals surface area contributed by atoms with Crippen LogP contribution >= 0.6 is 0 Å². The highest BCUT2D eigenvalue weighted by Crippen LogP contribution is 2.50. The van der Waals surface area contributed by atoms with Gasteiger partial charge in [-0.15, -0.1) is 0 Å². The Bertz CT molecular complexity index is 1310. The second-order valence-corrected chi connectivity index (χ2v) is 14.1. The van der Waals surface area contributed by atoms with Crippen LogP contribution in [0.15, 0.2) is 17.1 Å². The molecule has 1 aliphatic carbocycles. The fourth-order valence-electron chi connectivity index (χ4n) is 5.61. The molecule has 15 nitrogen and oxygen atoms in total. The molecule has 1 aromatic heterocycles. The second-order valence-electron chi connectivity index (χ2n) is 14.1. The Morgan fingerprint density at radius 3 is 1.95 bits per heavy atom. The van der Waals surface area contributed by atoms with Crippen LogP contribution in [0, 0.1) is 17.8 Å². The molecule has 0 aromatic carbocycles. The topological polar surface area (TPSA) is 167 Å². The first kappa shape index (κ1) is 32.9. The van der Waals surface area contributed by atoms with Gasteiger partial charge in [0.15, 0.2) is 0 Å². The van der Waals surface area contributed by atoms with E-state index >= 15 is 0 Å². The number of carbonyl (C=O) groups excluding carboxylic acids is 4. The predicted octanol–water partition coefficient (Wildman–Crippen LogP) is 1.56. The molecule has 3 atom stereocenters. The van der Waals surface area contributed by atoms with Crippen molar-refractivity contribution in [2.24, 2.45) is 17.8 Å². The molecule has 4 rings (SSSR count). The first-order chi connectivity index (χ1) is 20.3. The molecule has 0 spiro atoms. The standard InChI is InChI=1S/C29H46N8O7/c1-27(2,3)43-25(41)30-15-18-19-16-36(17-20(18)19)37-10-9-21(32-24(37)40)31-23(39)35-13-11-34(12-14-35)22(38)29(7,8)33-26(42)44-28(4,5)6/h9-10,18-20H,11-17H2,1-8H3,(H,30,41)(H,33,42)(H,31,32,39,40)/t18?,19-,20+. The summed E-state index contributed by atoms with van der Waals surface area (Å²) >= 11 is 0. The molecule has 44 heavy (non-hydrogen) atoms. The summed E-state index contributed by atoms with van der Waals surface area (Å²) in [5.41, 5.74) is -2.92. The number of amides is 5. The maximum Gasteiger partial charge on any atom is 0.408 e. The van der Waals surface area contributed by atoms with Gasteiger partial charge in [0, 0.05) is 52.0 Å². The van der Waals surface area contributed by atoms with Gasteiger partial charge in [-0.2, -0.15) is 4.98 Å². The number of rotatable bonds is 6. The van der Waals surface area contributed by atoms with Crippen molar-refractivity contribution in [3.8, 4) is 0 Å². The van der Waals surface area contributed by atoms with E-state index in [-0.39, 0.29) is 37.9 Å². The van der Waals surface area contributed by atoms with E-state index in [1.54, 1.807) is 56.7 Å². The number of fused-ring (bicyclic) bond motifs is 1. The Balaban J connectivity index is 1.21. The van der Waals surface area contributed by atoms with Crippen molar-refractivity contribution in [3.63, 3.8) is 0 Å². The van der Waals surface area contributed by atoms with Gasteiger partial charge in [-0.25, -0.2) is 23.9 Å². The van der Waals surface area contributed by atoms with Crippen molar-refractivity contribution in [1.82, 2.24) is 30.1 Å². The van der Waals surface area contributed by atoms with Crippen LogP contribution in [0.3, 0.4) is 0 Å². The number of urea groups is 1. The summed E-state index contributed by atoms with van der Waals surface area (Å²) in [6.45, 7) is 16.9. The molecule has 15 heteroatoms. The molecule has 1 aromatic rings. The van der Waals surface area contributed by atoms with Gasteiger partial charge in [-0.05, 0) is 79.2 Å². The van der Waals surface area contributed by atoms with Crippen molar-refractivity contribution in [2.45, 2.75) is 72.1 Å². The van der Waals surface area contributed by atoms with Gasteiger partial charge in [-0.1, -0.05) is 0 Å². The van der Waals surface area contributed by atoms with Crippen LogP contribution in [0.1, 0.15) is 55.4 Å². The van der Waals surface area contributed by atoms with Gasteiger partial charge >= 0.3 is 23.9 Å². The quantitative estimate of drug-likeness (QED) is 0.429. The third kappa shape index (κ3) is 8.32. The van der Waals surface area contributed by atoms with Crippen LogP contribution < -0.4 is 26.6 Å². The summed E-state index contributed by atoms with van der Waals surface area (Å²) in [5.74, 6) is 0.963. The Kier molecular flexibility index (Phi) is 9.08. The lowest BCUT2D eigenvalue weighted by Crippen LogP contribution is -2.60. The first-order valence-electron chi connectivity index (χ1n) is 15.0. The number of hydrogen-bond donors (Lipinski definition) is 3. The number of aromatic nitrogens is 2. The van der Waals surface area contributed by atoms with Crippen molar-refractivity contribution in [3.05, 3.63) is 22.7 Å². The average molecular weight is 619 g/mol. The Morgan fingerprint density at radius 1 is 0.864 bits per heavy atom. The third-order valence-corrected chi connectivity index (χ3v) is 7.76. The maximum absolute atomic E-state index is 13.1. The highest BCUT2D eigenvalue weighted by atomic mass is 16.6. The maximum atomic E-state index is 13.1. The Morgan fingerprint density at radius 2 is 1.41 bits per heavy atom. The number of ether oxygens (including phenoxy) is 2. The summed E-state index contributed by atoms with van der Waals surface area (Å²) < 4.78 is 12.0. The fraction of sp³-hybridized carbons (Fsp3) is 0.724. The smallest absolute Gasteiger partial charge is 0.408 e. The van der Waals surface area contributed by atoms with Crippen LogP contribution in [-0.4, -0.2) is 106 Å². The number of piperidine rings is 1. The zero-order chi connectivity index (χ0) is 32.6. The van der Waals surface area contributed by atoms with E-state index in [0.29, 0.717) is 37.4 Å². The van der Waals surface area contributed by atoms with E-state index in [0.717, 1.165) is 0 Å². The van der Waals surface area contributed by atoms with Gasteiger partial charge in [0.05, 0.1) is 0 Å². The van der Waals surface area contributed by atoms with Gasteiger partial charge in [-0.3, -0.25) is 10.1 Å². The molecule has 2 aliphatic heterocycles. The normalized spacial score (nSPS) is 21.7. The number of hydrogen-bond acceptors (Lipinski definition) is 9. The first-order valence-corrected chi connectivity index (χ1v) is 15.0. The van der Waals surface area contributed by atoms with E-state index < -0.39 is 40.6 Å². The molecular formula is C29H46N8O7. The Hall–Kier alpha value is -4.04. The SMILES string of the molecule is CC(C)(C)OC(=O)NCC1[C@H]2CN(n3ccc(NC(=O)N4CCN(C(=O)C(C)(C)NC(=O)OC(C)(C)C)CC4)nc3=O)C[C@@H]12. The van der Waals surface area contributed by atoms with Crippen molar-refractivity contribution >= 4 is 29.9 Å². The number of alkyl carbamates (subject to hydrolysis) is 2. The number of nitrogens with one attached hydrogen (secondary N) is 3. The summed E-state index contributed by atoms with van der Waals surface area (Å²) in [5, 5.41) is 10.1. The molecule has 1 unspecified atom stereocenters. The summed E-state index contributed by atoms with van der Waals surface area (Å²) in [6, 6.07) is 1.16.